The van der Waals surface area contributed by atoms with Gasteiger partial charge >= 0.3 is 0 Å². The van der Waals surface area contributed by atoms with E-state index in [9.17, 15) is 0 Å². The molecular weight excluding hydrogens is 234 g/mol. The van der Waals surface area contributed by atoms with Gasteiger partial charge < -0.3 is 5.32 Å². The van der Waals surface area contributed by atoms with Gasteiger partial charge in [-0.3, -0.25) is 9.80 Å². The van der Waals surface area contributed by atoms with Crippen molar-refractivity contribution in [2.24, 2.45) is 0 Å². The monoisotopic (exact) mass is 269 g/mol. The summed E-state index contributed by atoms with van der Waals surface area (Å²) in [4.78, 5) is 5.28. The van der Waals surface area contributed by atoms with Crippen LogP contribution in [0.1, 0.15) is 53.4 Å². The number of nitrogens with one attached hydrogen (secondary N) is 1. The van der Waals surface area contributed by atoms with Crippen LogP contribution in [0, 0.1) is 0 Å². The maximum absolute atomic E-state index is 3.61. The van der Waals surface area contributed by atoms with Crippen LogP contribution in [0.3, 0.4) is 0 Å². The zero-order valence-corrected chi connectivity index (χ0v) is 13.6. The van der Waals surface area contributed by atoms with E-state index >= 15 is 0 Å². The molecular formula is C16H35N3. The largest absolute Gasteiger partial charge is 0.315 e. The molecule has 0 spiro atoms. The van der Waals surface area contributed by atoms with Crippen LogP contribution in [0.25, 0.3) is 0 Å². The number of hydrogen-bond acceptors (Lipinski definition) is 3. The molecule has 1 heterocycles. The number of nitrogens with zero attached hydrogens (tertiary/aromatic N) is 2. The molecule has 0 amide bonds. The van der Waals surface area contributed by atoms with Crippen molar-refractivity contribution in [1.29, 1.82) is 0 Å². The summed E-state index contributed by atoms with van der Waals surface area (Å²) in [6, 6.07) is 1.47. The van der Waals surface area contributed by atoms with Crippen molar-refractivity contribution in [2.75, 3.05) is 39.3 Å². The number of likely N-dealkylation sites (tertiary alicyclic amines) is 1. The normalized spacial score (nSPS) is 22.3. The third-order valence-electron chi connectivity index (χ3n) is 4.54. The smallest absolute Gasteiger partial charge is 0.0235 e. The van der Waals surface area contributed by atoms with Gasteiger partial charge in [-0.15, -0.1) is 0 Å². The lowest BCUT2D eigenvalue weighted by Crippen LogP contribution is -2.42. The molecule has 0 aliphatic carbocycles. The Morgan fingerprint density at radius 2 is 1.95 bits per heavy atom. The molecule has 19 heavy (non-hydrogen) atoms. The number of hydrogen-bond donors (Lipinski definition) is 1. The second-order valence-electron chi connectivity index (χ2n) is 5.92. The van der Waals surface area contributed by atoms with Crippen molar-refractivity contribution >= 4 is 0 Å². The quantitative estimate of drug-likeness (QED) is 0.615. The zero-order valence-electron chi connectivity index (χ0n) is 13.6. The maximum Gasteiger partial charge on any atom is 0.0235 e. The van der Waals surface area contributed by atoms with Gasteiger partial charge in [0.05, 0.1) is 0 Å². The van der Waals surface area contributed by atoms with Crippen LogP contribution in [0.2, 0.25) is 0 Å². The van der Waals surface area contributed by atoms with Gasteiger partial charge in [-0.2, -0.15) is 0 Å². The highest BCUT2D eigenvalue weighted by molar-refractivity contribution is 4.85. The second kappa shape index (κ2) is 9.73. The van der Waals surface area contributed by atoms with E-state index in [-0.39, 0.29) is 0 Å². The summed E-state index contributed by atoms with van der Waals surface area (Å²) in [5.74, 6) is 0. The molecule has 114 valence electrons. The highest BCUT2D eigenvalue weighted by Crippen LogP contribution is 2.17. The molecule has 3 heteroatoms. The third-order valence-corrected chi connectivity index (χ3v) is 4.54. The predicted molar refractivity (Wildman–Crippen MR) is 84.8 cm³/mol. The second-order valence-corrected chi connectivity index (χ2v) is 5.92. The first-order chi connectivity index (χ1) is 9.22. The van der Waals surface area contributed by atoms with E-state index in [1.807, 2.05) is 0 Å². The highest BCUT2D eigenvalue weighted by atomic mass is 15.3. The molecule has 1 N–H and O–H groups in total. The van der Waals surface area contributed by atoms with E-state index in [1.165, 1.54) is 58.4 Å². The van der Waals surface area contributed by atoms with E-state index in [4.69, 9.17) is 0 Å². The first kappa shape index (κ1) is 16.9. The Balaban J connectivity index is 2.18. The van der Waals surface area contributed by atoms with Crippen molar-refractivity contribution in [1.82, 2.24) is 15.1 Å². The van der Waals surface area contributed by atoms with Crippen LogP contribution in [-0.4, -0.2) is 61.2 Å². The average molecular weight is 269 g/mol. The Labute approximate surface area is 120 Å². The fraction of sp³-hybridized carbons (Fsp3) is 1.00. The maximum atomic E-state index is 3.61. The number of likely N-dealkylation sites (N-methyl/N-ethyl adjacent to an activating group) is 1. The van der Waals surface area contributed by atoms with Gasteiger partial charge in [-0.05, 0) is 39.4 Å². The molecule has 0 bridgehead atoms. The average Bonchev–Trinajstić information content (AvgIpc) is 2.89. The number of unbranched alkanes of at least 4 members (excludes halogenated alkanes) is 2. The van der Waals surface area contributed by atoms with Crippen LogP contribution in [0.4, 0.5) is 0 Å². The van der Waals surface area contributed by atoms with E-state index < -0.39 is 0 Å². The van der Waals surface area contributed by atoms with E-state index in [1.54, 1.807) is 0 Å². The molecule has 0 aromatic heterocycles. The fourth-order valence-corrected chi connectivity index (χ4v) is 3.15. The molecule has 2 atom stereocenters. The van der Waals surface area contributed by atoms with Gasteiger partial charge in [0.1, 0.15) is 0 Å². The number of rotatable bonds is 10. The molecule has 2 unspecified atom stereocenters. The molecule has 1 saturated heterocycles. The Morgan fingerprint density at radius 1 is 1.21 bits per heavy atom. The summed E-state index contributed by atoms with van der Waals surface area (Å²) in [5, 5.41) is 3.61. The Hall–Kier alpha value is -0.120. The van der Waals surface area contributed by atoms with Crippen LogP contribution in [0.5, 0.6) is 0 Å². The minimum Gasteiger partial charge on any atom is -0.315 e. The topological polar surface area (TPSA) is 18.5 Å². The van der Waals surface area contributed by atoms with Crippen molar-refractivity contribution in [3.63, 3.8) is 0 Å². The highest BCUT2D eigenvalue weighted by Gasteiger charge is 2.28. The zero-order chi connectivity index (χ0) is 14.1. The summed E-state index contributed by atoms with van der Waals surface area (Å²) < 4.78 is 0. The Morgan fingerprint density at radius 3 is 2.58 bits per heavy atom. The van der Waals surface area contributed by atoms with E-state index in [2.05, 4.69) is 42.8 Å². The predicted octanol–water partition coefficient (Wildman–Crippen LogP) is 2.57. The SMILES string of the molecule is CCCCCNCC(C)N1CCC(N(CC)CC)C1. The van der Waals surface area contributed by atoms with Crippen LogP contribution < -0.4 is 5.32 Å². The van der Waals surface area contributed by atoms with Crippen molar-refractivity contribution in [2.45, 2.75) is 65.5 Å². The summed E-state index contributed by atoms with van der Waals surface area (Å²) in [7, 11) is 0. The molecule has 1 fully saturated rings. The van der Waals surface area contributed by atoms with Crippen molar-refractivity contribution < 1.29 is 0 Å². The van der Waals surface area contributed by atoms with Gasteiger partial charge in [0.2, 0.25) is 0 Å². The lowest BCUT2D eigenvalue weighted by Gasteiger charge is -2.28. The van der Waals surface area contributed by atoms with Gasteiger partial charge in [0.25, 0.3) is 0 Å². The molecule has 1 aliphatic heterocycles. The molecule has 0 saturated carbocycles. The van der Waals surface area contributed by atoms with E-state index in [0.717, 1.165) is 12.6 Å². The standard InChI is InChI=1S/C16H35N3/c1-5-8-9-11-17-13-15(4)19-12-10-16(14-19)18(6-2)7-3/h15-17H,5-14H2,1-4H3. The van der Waals surface area contributed by atoms with E-state index in [0.29, 0.717) is 6.04 Å². The molecule has 1 rings (SSSR count). The third kappa shape index (κ3) is 5.80. The molecule has 0 aromatic rings. The molecule has 0 aromatic carbocycles. The van der Waals surface area contributed by atoms with Gasteiger partial charge in [0, 0.05) is 31.7 Å². The Kier molecular flexibility index (Phi) is 8.67. The minimum absolute atomic E-state index is 0.683. The lowest BCUT2D eigenvalue weighted by molar-refractivity contribution is 0.191. The molecule has 3 nitrogen and oxygen atoms in total. The van der Waals surface area contributed by atoms with Gasteiger partial charge in [0.15, 0.2) is 0 Å². The summed E-state index contributed by atoms with van der Waals surface area (Å²) >= 11 is 0. The van der Waals surface area contributed by atoms with Gasteiger partial charge in [-0.25, -0.2) is 0 Å². The van der Waals surface area contributed by atoms with Crippen LogP contribution >= 0.6 is 0 Å². The minimum atomic E-state index is 0.683. The summed E-state index contributed by atoms with van der Waals surface area (Å²) in [6.07, 6.45) is 5.34. The van der Waals surface area contributed by atoms with Crippen LogP contribution in [0.15, 0.2) is 0 Å². The summed E-state index contributed by atoms with van der Waals surface area (Å²) in [5.41, 5.74) is 0. The first-order valence-electron chi connectivity index (χ1n) is 8.41. The molecule has 0 radical (unpaired) electrons. The fourth-order valence-electron chi connectivity index (χ4n) is 3.15. The lowest BCUT2D eigenvalue weighted by atomic mass is 10.2. The Bertz CT molecular complexity index is 216. The summed E-state index contributed by atoms with van der Waals surface area (Å²) in [6.45, 7) is 16.5. The van der Waals surface area contributed by atoms with Crippen molar-refractivity contribution in [3.05, 3.63) is 0 Å². The first-order valence-corrected chi connectivity index (χ1v) is 8.41. The van der Waals surface area contributed by atoms with Crippen LogP contribution in [-0.2, 0) is 0 Å². The molecule has 1 aliphatic rings. The van der Waals surface area contributed by atoms with Gasteiger partial charge in [-0.1, -0.05) is 33.6 Å². The van der Waals surface area contributed by atoms with Crippen molar-refractivity contribution in [3.8, 4) is 0 Å².